The van der Waals surface area contributed by atoms with Gasteiger partial charge < -0.3 is 5.11 Å². The summed E-state index contributed by atoms with van der Waals surface area (Å²) in [7, 11) is 1.93. The minimum absolute atomic E-state index is 0.255. The van der Waals surface area contributed by atoms with Gasteiger partial charge in [0.15, 0.2) is 0 Å². The van der Waals surface area contributed by atoms with E-state index in [4.69, 9.17) is 0 Å². The smallest absolute Gasteiger partial charge is 0.111 e. The van der Waals surface area contributed by atoms with Crippen molar-refractivity contribution in [2.24, 2.45) is 11.8 Å². The van der Waals surface area contributed by atoms with E-state index in [-0.39, 0.29) is 6.61 Å². The largest absolute Gasteiger partial charge is 0.396 e. The number of allylic oxidation sites excluding steroid dienone is 4. The lowest BCUT2D eigenvalue weighted by Crippen LogP contribution is -2.21. The van der Waals surface area contributed by atoms with Gasteiger partial charge in [-0.2, -0.15) is 0 Å². The molecule has 1 nitrogen and oxygen atoms in total. The van der Waals surface area contributed by atoms with Crippen molar-refractivity contribution in [2.75, 3.05) is 12.8 Å². The first-order chi connectivity index (χ1) is 12.4. The molecule has 0 aromatic heterocycles. The van der Waals surface area contributed by atoms with E-state index in [1.54, 1.807) is 0 Å². The third-order valence-electron chi connectivity index (χ3n) is 4.60. The van der Waals surface area contributed by atoms with Gasteiger partial charge in [-0.1, -0.05) is 97.6 Å². The molecule has 2 aromatic carbocycles. The maximum atomic E-state index is 9.92. The van der Waals surface area contributed by atoms with Crippen LogP contribution in [0.1, 0.15) is 0 Å². The van der Waals surface area contributed by atoms with Gasteiger partial charge in [0.05, 0.1) is 0 Å². The second kappa shape index (κ2) is 9.75. The van der Waals surface area contributed by atoms with Gasteiger partial charge in [-0.3, -0.25) is 0 Å². The second-order valence-electron chi connectivity index (χ2n) is 6.52. The van der Waals surface area contributed by atoms with Gasteiger partial charge in [0.1, 0.15) is 7.28 Å². The highest BCUT2D eigenvalue weighted by Gasteiger charge is 2.19. The average molecular weight is 347 g/mol. The highest BCUT2D eigenvalue weighted by molar-refractivity contribution is 7.73. The van der Waals surface area contributed by atoms with Gasteiger partial charge in [-0.15, -0.1) is 0 Å². The fourth-order valence-electron chi connectivity index (χ4n) is 3.20. The minimum atomic E-state index is -0.431. The Bertz CT molecular complexity index is 632. The van der Waals surface area contributed by atoms with Gasteiger partial charge in [0.2, 0.25) is 0 Å². The minimum Gasteiger partial charge on any atom is -0.396 e. The number of rotatable bonds is 9. The van der Waals surface area contributed by atoms with E-state index in [1.807, 2.05) is 0 Å². The molecular formula is C22H25BOP. The lowest BCUT2D eigenvalue weighted by atomic mass is 9.64. The number of benzene rings is 2. The zero-order chi connectivity index (χ0) is 17.3. The zero-order valence-electron chi connectivity index (χ0n) is 14.5. The third-order valence-corrected chi connectivity index (χ3v) is 7.33. The van der Waals surface area contributed by atoms with Crippen LogP contribution in [-0.2, 0) is 0 Å². The van der Waals surface area contributed by atoms with Crippen LogP contribution in [-0.4, -0.2) is 25.2 Å². The van der Waals surface area contributed by atoms with E-state index in [0.717, 1.165) is 18.8 Å². The molecule has 0 fully saturated rings. The maximum Gasteiger partial charge on any atom is 0.111 e. The van der Waals surface area contributed by atoms with Gasteiger partial charge in [-0.05, 0) is 36.5 Å². The molecule has 1 atom stereocenters. The Labute approximate surface area is 153 Å². The van der Waals surface area contributed by atoms with Gasteiger partial charge in [-0.25, -0.2) is 0 Å². The van der Waals surface area contributed by atoms with Crippen LogP contribution in [0.4, 0.5) is 0 Å². The fourth-order valence-corrected chi connectivity index (χ4v) is 5.76. The molecule has 1 radical (unpaired) electrons. The fraction of sp³-hybridized carbons (Fsp3) is 0.273. The Kier molecular flexibility index (Phi) is 7.09. The molecule has 0 heterocycles. The summed E-state index contributed by atoms with van der Waals surface area (Å²) in [5.41, 5.74) is 0. The van der Waals surface area contributed by atoms with Crippen molar-refractivity contribution in [2.45, 2.75) is 12.6 Å². The van der Waals surface area contributed by atoms with Crippen molar-refractivity contribution in [1.29, 1.82) is 0 Å². The first kappa shape index (κ1) is 18.2. The summed E-state index contributed by atoms with van der Waals surface area (Å²) in [4.78, 5) is 0. The summed E-state index contributed by atoms with van der Waals surface area (Å²) >= 11 is 0. The first-order valence-electron chi connectivity index (χ1n) is 9.02. The van der Waals surface area contributed by atoms with Crippen LogP contribution in [0.2, 0.25) is 12.6 Å². The molecule has 0 saturated heterocycles. The Hall–Kier alpha value is -1.63. The van der Waals surface area contributed by atoms with Crippen LogP contribution >= 0.6 is 7.92 Å². The van der Waals surface area contributed by atoms with Crippen molar-refractivity contribution < 1.29 is 5.11 Å². The molecule has 0 aliphatic heterocycles. The van der Waals surface area contributed by atoms with Crippen molar-refractivity contribution in [1.82, 2.24) is 0 Å². The predicted octanol–water partition coefficient (Wildman–Crippen LogP) is 4.01. The second-order valence-corrected chi connectivity index (χ2v) is 8.78. The summed E-state index contributed by atoms with van der Waals surface area (Å²) in [6.07, 6.45) is 11.8. The molecule has 25 heavy (non-hydrogen) atoms. The Morgan fingerprint density at radius 3 is 1.96 bits per heavy atom. The molecule has 1 N–H and O–H groups in total. The SMILES string of the molecule is OCC(C[B]CC1C=CC=C1)CP(c1ccccc1)c1ccccc1. The van der Waals surface area contributed by atoms with Gasteiger partial charge in [0.25, 0.3) is 0 Å². The number of hydrogen-bond acceptors (Lipinski definition) is 1. The van der Waals surface area contributed by atoms with Crippen LogP contribution in [0, 0.1) is 11.8 Å². The highest BCUT2D eigenvalue weighted by Crippen LogP contribution is 2.36. The molecule has 2 aromatic rings. The topological polar surface area (TPSA) is 20.2 Å². The first-order valence-corrected chi connectivity index (χ1v) is 10.5. The van der Waals surface area contributed by atoms with Crippen LogP contribution in [0.25, 0.3) is 0 Å². The molecule has 0 bridgehead atoms. The summed E-state index contributed by atoms with van der Waals surface area (Å²) in [6, 6.07) is 21.5. The van der Waals surface area contributed by atoms with Crippen LogP contribution in [0.15, 0.2) is 85.0 Å². The molecular weight excluding hydrogens is 322 g/mol. The Balaban J connectivity index is 1.65. The van der Waals surface area contributed by atoms with Crippen LogP contribution in [0.3, 0.4) is 0 Å². The third kappa shape index (κ3) is 5.43. The summed E-state index contributed by atoms with van der Waals surface area (Å²) in [6.45, 7) is 0.255. The van der Waals surface area contributed by atoms with Crippen LogP contribution < -0.4 is 10.6 Å². The zero-order valence-corrected chi connectivity index (χ0v) is 15.4. The van der Waals surface area contributed by atoms with Crippen molar-refractivity contribution in [3.8, 4) is 0 Å². The summed E-state index contributed by atoms with van der Waals surface area (Å²) in [5, 5.41) is 12.7. The maximum absolute atomic E-state index is 9.92. The van der Waals surface area contributed by atoms with Crippen molar-refractivity contribution in [3.05, 3.63) is 85.0 Å². The number of aliphatic hydroxyl groups excluding tert-OH is 1. The Morgan fingerprint density at radius 1 is 0.880 bits per heavy atom. The van der Waals surface area contributed by atoms with Crippen molar-refractivity contribution >= 4 is 25.8 Å². The molecule has 0 spiro atoms. The van der Waals surface area contributed by atoms with Crippen LogP contribution in [0.5, 0.6) is 0 Å². The lowest BCUT2D eigenvalue weighted by Gasteiger charge is -2.24. The van der Waals surface area contributed by atoms with E-state index < -0.39 is 7.92 Å². The standard InChI is InChI=1S/C22H25BOP/c24-17-20(16-23-15-19-9-7-8-10-19)18-25(21-11-3-1-4-12-21)22-13-5-2-6-14-22/h1-14,19-20,24H,15-18H2. The molecule has 1 aliphatic rings. The number of aliphatic hydroxyl groups is 1. The Morgan fingerprint density at radius 2 is 1.44 bits per heavy atom. The molecule has 1 aliphatic carbocycles. The van der Waals surface area contributed by atoms with E-state index >= 15 is 0 Å². The van der Waals surface area contributed by atoms with Gasteiger partial charge in [0, 0.05) is 6.61 Å². The molecule has 1 unspecified atom stereocenters. The molecule has 3 rings (SSSR count). The highest BCUT2D eigenvalue weighted by atomic mass is 31.1. The molecule has 3 heteroatoms. The van der Waals surface area contributed by atoms with E-state index in [2.05, 4.69) is 92.2 Å². The summed E-state index contributed by atoms with van der Waals surface area (Å²) < 4.78 is 0. The average Bonchev–Trinajstić information content (AvgIpc) is 3.19. The molecule has 0 saturated carbocycles. The van der Waals surface area contributed by atoms with Gasteiger partial charge >= 0.3 is 0 Å². The molecule has 127 valence electrons. The van der Waals surface area contributed by atoms with E-state index in [9.17, 15) is 5.11 Å². The van der Waals surface area contributed by atoms with E-state index in [0.29, 0.717) is 11.8 Å². The van der Waals surface area contributed by atoms with E-state index in [1.165, 1.54) is 10.6 Å². The predicted molar refractivity (Wildman–Crippen MR) is 112 cm³/mol. The number of hydrogen-bond donors (Lipinski definition) is 1. The monoisotopic (exact) mass is 347 g/mol. The normalized spacial score (nSPS) is 15.0. The lowest BCUT2D eigenvalue weighted by molar-refractivity contribution is 0.250. The quantitative estimate of drug-likeness (QED) is 0.537. The van der Waals surface area contributed by atoms with Crippen molar-refractivity contribution in [3.63, 3.8) is 0 Å². The summed E-state index contributed by atoms with van der Waals surface area (Å²) in [5.74, 6) is 0.866. The molecule has 0 amide bonds.